The van der Waals surface area contributed by atoms with Gasteiger partial charge < -0.3 is 14.6 Å². The van der Waals surface area contributed by atoms with Gasteiger partial charge in [-0.2, -0.15) is 11.3 Å². The molecule has 1 unspecified atom stereocenters. The number of rotatable bonds is 4. The largest absolute Gasteiger partial charge is 0.441 e. The van der Waals surface area contributed by atoms with E-state index in [0.29, 0.717) is 30.3 Å². The Labute approximate surface area is 132 Å². The number of aromatic nitrogens is 1. The third-order valence-electron chi connectivity index (χ3n) is 3.75. The van der Waals surface area contributed by atoms with E-state index in [1.807, 2.05) is 16.8 Å². The van der Waals surface area contributed by atoms with Crippen molar-refractivity contribution in [2.24, 2.45) is 0 Å². The molecule has 3 rings (SSSR count). The molecular weight excluding hydrogens is 302 g/mol. The normalized spacial score (nSPS) is 18.0. The predicted octanol–water partition coefficient (Wildman–Crippen LogP) is 1.60. The van der Waals surface area contributed by atoms with Crippen LogP contribution in [0.3, 0.4) is 0 Å². The van der Waals surface area contributed by atoms with E-state index in [1.54, 1.807) is 30.2 Å². The van der Waals surface area contributed by atoms with Gasteiger partial charge in [-0.15, -0.1) is 0 Å². The van der Waals surface area contributed by atoms with Gasteiger partial charge in [0.25, 0.3) is 0 Å². The van der Waals surface area contributed by atoms with Crippen LogP contribution in [0.15, 0.2) is 21.2 Å². The smallest absolute Gasteiger partial charge is 0.244 e. The first kappa shape index (κ1) is 14.8. The second-order valence-electron chi connectivity index (χ2n) is 5.38. The first-order valence-electron chi connectivity index (χ1n) is 7.08. The number of nitrogens with zero attached hydrogens (tertiary/aromatic N) is 2. The van der Waals surface area contributed by atoms with Crippen LogP contribution in [0.5, 0.6) is 0 Å². The van der Waals surface area contributed by atoms with E-state index in [-0.39, 0.29) is 18.2 Å². The van der Waals surface area contributed by atoms with Crippen molar-refractivity contribution < 1.29 is 14.0 Å². The monoisotopic (exact) mass is 319 g/mol. The highest BCUT2D eigenvalue weighted by molar-refractivity contribution is 7.08. The third-order valence-corrected chi connectivity index (χ3v) is 4.43. The van der Waals surface area contributed by atoms with E-state index in [9.17, 15) is 9.59 Å². The molecule has 116 valence electrons. The first-order chi connectivity index (χ1) is 10.5. The Morgan fingerprint density at radius 2 is 2.41 bits per heavy atom. The molecule has 2 amide bonds. The lowest BCUT2D eigenvalue weighted by molar-refractivity contribution is -0.131. The highest BCUT2D eigenvalue weighted by atomic mass is 32.1. The molecule has 0 aromatic carbocycles. The van der Waals surface area contributed by atoms with E-state index in [2.05, 4.69) is 10.3 Å². The zero-order valence-electron chi connectivity index (χ0n) is 12.5. The standard InChI is InChI=1S/C15H17N3O3S/c1-9-12(17-14(21-9)10-4-6-22-8-10)7-13(19)16-11-3-5-18(2)15(11)20/h4,6,8,11H,3,5,7H2,1-2H3,(H,16,19). The number of thiophene rings is 1. The topological polar surface area (TPSA) is 75.4 Å². The van der Waals surface area contributed by atoms with Gasteiger partial charge in [-0.3, -0.25) is 9.59 Å². The molecule has 1 saturated heterocycles. The van der Waals surface area contributed by atoms with Crippen molar-refractivity contribution in [3.05, 3.63) is 28.3 Å². The number of nitrogens with one attached hydrogen (secondary N) is 1. The summed E-state index contributed by atoms with van der Waals surface area (Å²) in [5, 5.41) is 6.66. The summed E-state index contributed by atoms with van der Waals surface area (Å²) in [4.78, 5) is 29.9. The summed E-state index contributed by atoms with van der Waals surface area (Å²) in [5.41, 5.74) is 1.52. The van der Waals surface area contributed by atoms with Gasteiger partial charge in [0.1, 0.15) is 11.8 Å². The number of likely N-dealkylation sites (N-methyl/N-ethyl adjacent to an activating group) is 1. The van der Waals surface area contributed by atoms with Crippen molar-refractivity contribution in [1.82, 2.24) is 15.2 Å². The van der Waals surface area contributed by atoms with Crippen LogP contribution < -0.4 is 5.32 Å². The lowest BCUT2D eigenvalue weighted by Crippen LogP contribution is -2.41. The average molecular weight is 319 g/mol. The maximum Gasteiger partial charge on any atom is 0.244 e. The summed E-state index contributed by atoms with van der Waals surface area (Å²) in [6.07, 6.45) is 0.770. The van der Waals surface area contributed by atoms with E-state index in [4.69, 9.17) is 4.42 Å². The number of hydrogen-bond acceptors (Lipinski definition) is 5. The molecule has 1 aliphatic heterocycles. The van der Waals surface area contributed by atoms with Crippen molar-refractivity contribution in [3.63, 3.8) is 0 Å². The summed E-state index contributed by atoms with van der Waals surface area (Å²) in [6, 6.07) is 1.51. The number of aryl methyl sites for hydroxylation is 1. The minimum atomic E-state index is -0.416. The molecule has 22 heavy (non-hydrogen) atoms. The lowest BCUT2D eigenvalue weighted by atomic mass is 10.2. The molecule has 1 fully saturated rings. The molecule has 0 aliphatic carbocycles. The summed E-state index contributed by atoms with van der Waals surface area (Å²) in [6.45, 7) is 2.47. The highest BCUT2D eigenvalue weighted by Gasteiger charge is 2.30. The summed E-state index contributed by atoms with van der Waals surface area (Å²) in [7, 11) is 1.74. The molecule has 2 aromatic heterocycles. The fourth-order valence-corrected chi connectivity index (χ4v) is 3.09. The Hall–Kier alpha value is -2.15. The quantitative estimate of drug-likeness (QED) is 0.929. The molecule has 1 aliphatic rings. The van der Waals surface area contributed by atoms with Crippen molar-refractivity contribution in [2.75, 3.05) is 13.6 Å². The second-order valence-corrected chi connectivity index (χ2v) is 6.16. The summed E-state index contributed by atoms with van der Waals surface area (Å²) in [5.74, 6) is 0.913. The molecule has 0 radical (unpaired) electrons. The first-order valence-corrected chi connectivity index (χ1v) is 8.02. The number of oxazole rings is 1. The van der Waals surface area contributed by atoms with Crippen LogP contribution >= 0.6 is 11.3 Å². The number of hydrogen-bond donors (Lipinski definition) is 1. The zero-order valence-corrected chi connectivity index (χ0v) is 13.3. The second kappa shape index (κ2) is 5.92. The fourth-order valence-electron chi connectivity index (χ4n) is 2.46. The summed E-state index contributed by atoms with van der Waals surface area (Å²) < 4.78 is 5.61. The molecule has 7 heteroatoms. The molecule has 0 spiro atoms. The Morgan fingerprint density at radius 3 is 3.05 bits per heavy atom. The minimum Gasteiger partial charge on any atom is -0.441 e. The van der Waals surface area contributed by atoms with E-state index in [1.165, 1.54) is 0 Å². The lowest BCUT2D eigenvalue weighted by Gasteiger charge is -2.11. The van der Waals surface area contributed by atoms with Gasteiger partial charge in [0.05, 0.1) is 12.1 Å². The van der Waals surface area contributed by atoms with Gasteiger partial charge in [-0.1, -0.05) is 0 Å². The molecule has 0 saturated carbocycles. The maximum absolute atomic E-state index is 12.1. The Bertz CT molecular complexity index is 693. The van der Waals surface area contributed by atoms with Crippen molar-refractivity contribution in [3.8, 4) is 11.5 Å². The third kappa shape index (κ3) is 2.89. The number of carbonyl (C=O) groups is 2. The van der Waals surface area contributed by atoms with Crippen molar-refractivity contribution >= 4 is 23.2 Å². The van der Waals surface area contributed by atoms with Crippen LogP contribution in [0, 0.1) is 6.92 Å². The molecule has 1 N–H and O–H groups in total. The molecule has 0 bridgehead atoms. The molecule has 6 nitrogen and oxygen atoms in total. The van der Waals surface area contributed by atoms with Crippen LogP contribution in [0.4, 0.5) is 0 Å². The summed E-state index contributed by atoms with van der Waals surface area (Å²) >= 11 is 1.56. The zero-order chi connectivity index (χ0) is 15.7. The molecular formula is C15H17N3O3S. The minimum absolute atomic E-state index is 0.0378. The van der Waals surface area contributed by atoms with Gasteiger partial charge >= 0.3 is 0 Å². The Morgan fingerprint density at radius 1 is 1.59 bits per heavy atom. The SMILES string of the molecule is Cc1oc(-c2ccsc2)nc1CC(=O)NC1CCN(C)C1=O. The van der Waals surface area contributed by atoms with Crippen LogP contribution in [0.25, 0.3) is 11.5 Å². The molecule has 3 heterocycles. The number of carbonyl (C=O) groups excluding carboxylic acids is 2. The Balaban J connectivity index is 1.66. The van der Waals surface area contributed by atoms with E-state index in [0.717, 1.165) is 5.56 Å². The van der Waals surface area contributed by atoms with Gasteiger partial charge in [0.15, 0.2) is 0 Å². The van der Waals surface area contributed by atoms with Crippen LogP contribution in [0.2, 0.25) is 0 Å². The highest BCUT2D eigenvalue weighted by Crippen LogP contribution is 2.24. The molecule has 1 atom stereocenters. The average Bonchev–Trinajstić information content (AvgIpc) is 3.18. The fraction of sp³-hybridized carbons (Fsp3) is 0.400. The number of likely N-dealkylation sites (tertiary alicyclic amines) is 1. The van der Waals surface area contributed by atoms with Crippen LogP contribution in [0.1, 0.15) is 17.9 Å². The van der Waals surface area contributed by atoms with E-state index >= 15 is 0 Å². The van der Waals surface area contributed by atoms with Gasteiger partial charge in [-0.25, -0.2) is 4.98 Å². The van der Waals surface area contributed by atoms with Gasteiger partial charge in [0.2, 0.25) is 17.7 Å². The van der Waals surface area contributed by atoms with Crippen molar-refractivity contribution in [2.45, 2.75) is 25.8 Å². The number of amides is 2. The maximum atomic E-state index is 12.1. The van der Waals surface area contributed by atoms with Crippen LogP contribution in [-0.4, -0.2) is 41.3 Å². The van der Waals surface area contributed by atoms with E-state index < -0.39 is 6.04 Å². The van der Waals surface area contributed by atoms with Gasteiger partial charge in [0, 0.05) is 24.5 Å². The Kier molecular flexibility index (Phi) is 3.98. The predicted molar refractivity (Wildman–Crippen MR) is 82.4 cm³/mol. The van der Waals surface area contributed by atoms with Gasteiger partial charge in [-0.05, 0) is 24.8 Å². The molecule has 2 aromatic rings. The van der Waals surface area contributed by atoms with Crippen molar-refractivity contribution in [1.29, 1.82) is 0 Å². The van der Waals surface area contributed by atoms with Crippen LogP contribution in [-0.2, 0) is 16.0 Å².